The number of nitrogen functional groups attached to an aromatic ring is 1. The minimum absolute atomic E-state index is 0.538. The number of methoxy groups -OCH3 is 1. The molecular weight excluding hydrogens is 200 g/mol. The second-order valence-corrected chi connectivity index (χ2v) is 4.01. The van der Waals surface area contributed by atoms with Gasteiger partial charge in [0.05, 0.1) is 18.5 Å². The maximum Gasteiger partial charge on any atom is 0.121 e. The molecule has 2 N–H and O–H groups in total. The normalized spacial score (nSPS) is 10.6. The molecular formula is C13H22N2O. The Morgan fingerprint density at radius 2 is 1.94 bits per heavy atom. The molecule has 0 aliphatic carbocycles. The first-order chi connectivity index (χ1) is 7.63. The van der Waals surface area contributed by atoms with Crippen molar-refractivity contribution in [1.29, 1.82) is 0 Å². The van der Waals surface area contributed by atoms with E-state index in [1.165, 1.54) is 0 Å². The number of anilines is 2. The molecule has 0 radical (unpaired) electrons. The average molecular weight is 222 g/mol. The Morgan fingerprint density at radius 1 is 1.31 bits per heavy atom. The Labute approximate surface area is 98.2 Å². The standard InChI is InChI=1S/C13H22N2O/c1-5-10(6-2)15(3)13-8-7-11(16-4)9-12(13)14/h7-10H,5-6,14H2,1-4H3. The Kier molecular flexibility index (Phi) is 4.47. The molecule has 90 valence electrons. The molecule has 0 fully saturated rings. The van der Waals surface area contributed by atoms with Crippen molar-refractivity contribution in [3.63, 3.8) is 0 Å². The van der Waals surface area contributed by atoms with Crippen molar-refractivity contribution in [3.8, 4) is 5.75 Å². The van der Waals surface area contributed by atoms with Gasteiger partial charge in [-0.2, -0.15) is 0 Å². The third-order valence-corrected chi connectivity index (χ3v) is 3.10. The smallest absolute Gasteiger partial charge is 0.121 e. The van der Waals surface area contributed by atoms with E-state index >= 15 is 0 Å². The Balaban J connectivity index is 2.95. The highest BCUT2D eigenvalue weighted by atomic mass is 16.5. The molecule has 3 nitrogen and oxygen atoms in total. The molecule has 0 atom stereocenters. The van der Waals surface area contributed by atoms with Gasteiger partial charge in [0.25, 0.3) is 0 Å². The van der Waals surface area contributed by atoms with E-state index < -0.39 is 0 Å². The van der Waals surface area contributed by atoms with Crippen LogP contribution in [0.4, 0.5) is 11.4 Å². The van der Waals surface area contributed by atoms with Crippen molar-refractivity contribution < 1.29 is 4.74 Å². The molecule has 0 heterocycles. The van der Waals surface area contributed by atoms with Crippen LogP contribution in [0.15, 0.2) is 18.2 Å². The Hall–Kier alpha value is -1.38. The summed E-state index contributed by atoms with van der Waals surface area (Å²) < 4.78 is 5.14. The Morgan fingerprint density at radius 3 is 2.38 bits per heavy atom. The molecule has 0 bridgehead atoms. The molecule has 1 rings (SSSR count). The molecule has 0 aromatic heterocycles. The lowest BCUT2D eigenvalue weighted by Crippen LogP contribution is -2.30. The molecule has 1 aromatic rings. The summed E-state index contributed by atoms with van der Waals surface area (Å²) >= 11 is 0. The van der Waals surface area contributed by atoms with E-state index in [0.717, 1.165) is 30.0 Å². The van der Waals surface area contributed by atoms with Crippen LogP contribution in [0.2, 0.25) is 0 Å². The molecule has 16 heavy (non-hydrogen) atoms. The van der Waals surface area contributed by atoms with Gasteiger partial charge < -0.3 is 15.4 Å². The van der Waals surface area contributed by atoms with E-state index in [1.54, 1.807) is 7.11 Å². The summed E-state index contributed by atoms with van der Waals surface area (Å²) in [7, 11) is 3.74. The highest BCUT2D eigenvalue weighted by Crippen LogP contribution is 2.29. The highest BCUT2D eigenvalue weighted by Gasteiger charge is 2.13. The van der Waals surface area contributed by atoms with Gasteiger partial charge in [-0.1, -0.05) is 13.8 Å². The molecule has 0 aliphatic heterocycles. The van der Waals surface area contributed by atoms with Crippen molar-refractivity contribution in [2.24, 2.45) is 0 Å². The largest absolute Gasteiger partial charge is 0.497 e. The molecule has 1 aromatic carbocycles. The molecule has 0 saturated carbocycles. The molecule has 0 spiro atoms. The van der Waals surface area contributed by atoms with Gasteiger partial charge in [-0.3, -0.25) is 0 Å². The summed E-state index contributed by atoms with van der Waals surface area (Å²) in [6.07, 6.45) is 2.25. The quantitative estimate of drug-likeness (QED) is 0.778. The van der Waals surface area contributed by atoms with Crippen molar-refractivity contribution in [3.05, 3.63) is 18.2 Å². The lowest BCUT2D eigenvalue weighted by molar-refractivity contribution is 0.415. The van der Waals surface area contributed by atoms with E-state index in [2.05, 4.69) is 25.8 Å². The maximum absolute atomic E-state index is 6.02. The van der Waals surface area contributed by atoms with Crippen LogP contribution < -0.4 is 15.4 Å². The number of benzene rings is 1. The fraction of sp³-hybridized carbons (Fsp3) is 0.538. The minimum atomic E-state index is 0.538. The predicted octanol–water partition coefficient (Wildman–Crippen LogP) is 2.90. The van der Waals surface area contributed by atoms with Gasteiger partial charge in [-0.05, 0) is 25.0 Å². The van der Waals surface area contributed by atoms with Crippen molar-refractivity contribution in [2.75, 3.05) is 24.8 Å². The lowest BCUT2D eigenvalue weighted by atomic mass is 10.1. The monoisotopic (exact) mass is 222 g/mol. The SMILES string of the molecule is CCC(CC)N(C)c1ccc(OC)cc1N. The van der Waals surface area contributed by atoms with E-state index in [0.29, 0.717) is 6.04 Å². The summed E-state index contributed by atoms with van der Waals surface area (Å²) in [5.74, 6) is 0.805. The lowest BCUT2D eigenvalue weighted by Gasteiger charge is -2.29. The summed E-state index contributed by atoms with van der Waals surface area (Å²) in [6.45, 7) is 4.40. The van der Waals surface area contributed by atoms with Crippen LogP contribution in [-0.4, -0.2) is 20.2 Å². The van der Waals surface area contributed by atoms with Crippen LogP contribution in [0.25, 0.3) is 0 Å². The first-order valence-electron chi connectivity index (χ1n) is 5.80. The molecule has 3 heteroatoms. The van der Waals surface area contributed by atoms with Crippen molar-refractivity contribution in [1.82, 2.24) is 0 Å². The zero-order valence-corrected chi connectivity index (χ0v) is 10.7. The molecule has 0 saturated heterocycles. The van der Waals surface area contributed by atoms with Gasteiger partial charge >= 0.3 is 0 Å². The zero-order chi connectivity index (χ0) is 12.1. The van der Waals surface area contributed by atoms with E-state index in [-0.39, 0.29) is 0 Å². The van der Waals surface area contributed by atoms with Crippen molar-refractivity contribution >= 4 is 11.4 Å². The fourth-order valence-electron chi connectivity index (χ4n) is 2.01. The first kappa shape index (κ1) is 12.7. The number of nitrogens with zero attached hydrogens (tertiary/aromatic N) is 1. The van der Waals surface area contributed by atoms with Crippen LogP contribution >= 0.6 is 0 Å². The summed E-state index contributed by atoms with van der Waals surface area (Å²) in [6, 6.07) is 6.38. The second-order valence-electron chi connectivity index (χ2n) is 4.01. The van der Waals surface area contributed by atoms with E-state index in [4.69, 9.17) is 10.5 Å². The number of nitrogens with two attached hydrogens (primary N) is 1. The number of hydrogen-bond acceptors (Lipinski definition) is 3. The van der Waals surface area contributed by atoms with Gasteiger partial charge in [0.15, 0.2) is 0 Å². The Bertz CT molecular complexity index is 335. The maximum atomic E-state index is 6.02. The summed E-state index contributed by atoms with van der Waals surface area (Å²) in [5, 5.41) is 0. The van der Waals surface area contributed by atoms with E-state index in [9.17, 15) is 0 Å². The summed E-state index contributed by atoms with van der Waals surface area (Å²) in [4.78, 5) is 2.24. The topological polar surface area (TPSA) is 38.5 Å². The average Bonchev–Trinajstić information content (AvgIpc) is 2.30. The highest BCUT2D eigenvalue weighted by molar-refractivity contribution is 5.69. The number of ether oxygens (including phenoxy) is 1. The molecule has 0 aliphatic rings. The van der Waals surface area contributed by atoms with Crippen molar-refractivity contribution in [2.45, 2.75) is 32.7 Å². The van der Waals surface area contributed by atoms with Gasteiger partial charge in [0.2, 0.25) is 0 Å². The fourth-order valence-corrected chi connectivity index (χ4v) is 2.01. The molecule has 0 amide bonds. The molecule has 0 unspecified atom stereocenters. The van der Waals surface area contributed by atoms with Gasteiger partial charge in [0, 0.05) is 19.2 Å². The van der Waals surface area contributed by atoms with Crippen LogP contribution in [0, 0.1) is 0 Å². The third kappa shape index (κ3) is 2.60. The van der Waals surface area contributed by atoms with Crippen LogP contribution in [0.5, 0.6) is 5.75 Å². The van der Waals surface area contributed by atoms with Crippen LogP contribution in [0.1, 0.15) is 26.7 Å². The zero-order valence-electron chi connectivity index (χ0n) is 10.7. The first-order valence-corrected chi connectivity index (χ1v) is 5.80. The summed E-state index contributed by atoms with van der Waals surface area (Å²) in [5.41, 5.74) is 7.87. The van der Waals surface area contributed by atoms with Crippen LogP contribution in [-0.2, 0) is 0 Å². The van der Waals surface area contributed by atoms with Gasteiger partial charge in [-0.25, -0.2) is 0 Å². The van der Waals surface area contributed by atoms with Gasteiger partial charge in [0.1, 0.15) is 5.75 Å². The predicted molar refractivity (Wildman–Crippen MR) is 70.2 cm³/mol. The van der Waals surface area contributed by atoms with Crippen LogP contribution in [0.3, 0.4) is 0 Å². The van der Waals surface area contributed by atoms with E-state index in [1.807, 2.05) is 18.2 Å². The number of hydrogen-bond donors (Lipinski definition) is 1. The minimum Gasteiger partial charge on any atom is -0.497 e. The van der Waals surface area contributed by atoms with Gasteiger partial charge in [-0.15, -0.1) is 0 Å². The third-order valence-electron chi connectivity index (χ3n) is 3.10. The number of rotatable bonds is 5. The second kappa shape index (κ2) is 5.64.